The van der Waals surface area contributed by atoms with Crippen molar-refractivity contribution >= 4 is 11.9 Å². The van der Waals surface area contributed by atoms with Crippen molar-refractivity contribution in [1.29, 1.82) is 0 Å². The summed E-state index contributed by atoms with van der Waals surface area (Å²) in [6.07, 6.45) is 4.90. The molecule has 1 spiro atoms. The standard InChI is InChI=1S/C14H19FN4O2/c1-18-9-14(6-11(18)12(20)21)2-4-19(5-3-14)13-16-7-10(15)8-17-13/h7-8,11H,2-6,9H2,1H3,(H,20,21). The fourth-order valence-electron chi connectivity index (χ4n) is 3.56. The summed E-state index contributed by atoms with van der Waals surface area (Å²) in [7, 11) is 1.88. The Morgan fingerprint density at radius 3 is 2.52 bits per heavy atom. The number of nitrogens with zero attached hydrogens (tertiary/aromatic N) is 4. The van der Waals surface area contributed by atoms with E-state index in [1.54, 1.807) is 0 Å². The lowest BCUT2D eigenvalue weighted by molar-refractivity contribution is -0.141. The van der Waals surface area contributed by atoms with Crippen molar-refractivity contribution in [3.8, 4) is 0 Å². The fourth-order valence-corrected chi connectivity index (χ4v) is 3.56. The van der Waals surface area contributed by atoms with Crippen molar-refractivity contribution in [2.45, 2.75) is 25.3 Å². The van der Waals surface area contributed by atoms with Crippen LogP contribution in [0.3, 0.4) is 0 Å². The number of piperidine rings is 1. The van der Waals surface area contributed by atoms with Crippen molar-refractivity contribution in [1.82, 2.24) is 14.9 Å². The highest BCUT2D eigenvalue weighted by atomic mass is 19.1. The number of rotatable bonds is 2. The van der Waals surface area contributed by atoms with Crippen LogP contribution in [0.15, 0.2) is 12.4 Å². The first-order valence-corrected chi connectivity index (χ1v) is 7.15. The van der Waals surface area contributed by atoms with Gasteiger partial charge < -0.3 is 10.0 Å². The van der Waals surface area contributed by atoms with E-state index in [1.165, 1.54) is 12.4 Å². The molecule has 6 nitrogen and oxygen atoms in total. The maximum atomic E-state index is 12.9. The first-order valence-electron chi connectivity index (χ1n) is 7.15. The average Bonchev–Trinajstić information content (AvgIpc) is 2.78. The molecule has 0 radical (unpaired) electrons. The highest BCUT2D eigenvalue weighted by Crippen LogP contribution is 2.43. The molecule has 21 heavy (non-hydrogen) atoms. The van der Waals surface area contributed by atoms with Crippen molar-refractivity contribution in [2.75, 3.05) is 31.6 Å². The van der Waals surface area contributed by atoms with Crippen LogP contribution in [0.1, 0.15) is 19.3 Å². The minimum Gasteiger partial charge on any atom is -0.480 e. The summed E-state index contributed by atoms with van der Waals surface area (Å²) in [5.74, 6) is -0.625. The summed E-state index contributed by atoms with van der Waals surface area (Å²) in [6, 6.07) is -0.376. The Morgan fingerprint density at radius 1 is 1.38 bits per heavy atom. The maximum absolute atomic E-state index is 12.9. The molecule has 2 aliphatic heterocycles. The van der Waals surface area contributed by atoms with E-state index in [-0.39, 0.29) is 11.5 Å². The third kappa shape index (κ3) is 2.70. The predicted octanol–water partition coefficient (Wildman–Crippen LogP) is 0.991. The Labute approximate surface area is 122 Å². The molecule has 2 saturated heterocycles. The zero-order chi connectivity index (χ0) is 15.0. The van der Waals surface area contributed by atoms with Gasteiger partial charge in [-0.15, -0.1) is 0 Å². The van der Waals surface area contributed by atoms with Crippen LogP contribution in [0, 0.1) is 11.2 Å². The second kappa shape index (κ2) is 5.22. The average molecular weight is 294 g/mol. The molecule has 0 amide bonds. The van der Waals surface area contributed by atoms with Gasteiger partial charge in [0.25, 0.3) is 0 Å². The minimum absolute atomic E-state index is 0.0777. The van der Waals surface area contributed by atoms with Crippen LogP contribution in [0.5, 0.6) is 0 Å². The summed E-state index contributed by atoms with van der Waals surface area (Å²) in [6.45, 7) is 2.39. The molecule has 2 fully saturated rings. The second-order valence-electron chi connectivity index (χ2n) is 6.16. The van der Waals surface area contributed by atoms with E-state index in [1.807, 2.05) is 16.8 Å². The summed E-state index contributed by atoms with van der Waals surface area (Å²) in [5.41, 5.74) is 0.0777. The van der Waals surface area contributed by atoms with Gasteiger partial charge >= 0.3 is 5.97 Å². The lowest BCUT2D eigenvalue weighted by Gasteiger charge is -2.39. The largest absolute Gasteiger partial charge is 0.480 e. The molecule has 1 aromatic rings. The van der Waals surface area contributed by atoms with Crippen molar-refractivity contribution < 1.29 is 14.3 Å². The number of hydrogen-bond donors (Lipinski definition) is 1. The molecule has 0 bridgehead atoms. The summed E-state index contributed by atoms with van der Waals surface area (Å²) < 4.78 is 12.9. The van der Waals surface area contributed by atoms with Gasteiger partial charge in [-0.2, -0.15) is 0 Å². The summed E-state index contributed by atoms with van der Waals surface area (Å²) in [5, 5.41) is 9.25. The van der Waals surface area contributed by atoms with Gasteiger partial charge in [0.15, 0.2) is 5.82 Å². The minimum atomic E-state index is -0.737. The molecule has 0 aromatic carbocycles. The third-order valence-corrected chi connectivity index (χ3v) is 4.74. The number of aromatic nitrogens is 2. The van der Waals surface area contributed by atoms with Crippen LogP contribution in [0.4, 0.5) is 10.3 Å². The van der Waals surface area contributed by atoms with Gasteiger partial charge in [-0.05, 0) is 31.7 Å². The Hall–Kier alpha value is -1.76. The van der Waals surface area contributed by atoms with E-state index in [0.717, 1.165) is 32.5 Å². The smallest absolute Gasteiger partial charge is 0.320 e. The van der Waals surface area contributed by atoms with E-state index in [4.69, 9.17) is 0 Å². The van der Waals surface area contributed by atoms with Crippen molar-refractivity contribution in [3.63, 3.8) is 0 Å². The van der Waals surface area contributed by atoms with Crippen molar-refractivity contribution in [2.24, 2.45) is 5.41 Å². The molecule has 3 heterocycles. The molecule has 0 aliphatic carbocycles. The Kier molecular flexibility index (Phi) is 3.52. The van der Waals surface area contributed by atoms with Crippen molar-refractivity contribution in [3.05, 3.63) is 18.2 Å². The van der Waals surface area contributed by atoms with E-state index in [2.05, 4.69) is 9.97 Å². The van der Waals surface area contributed by atoms with E-state index < -0.39 is 11.8 Å². The number of anilines is 1. The van der Waals surface area contributed by atoms with Crippen LogP contribution in [0.25, 0.3) is 0 Å². The number of halogens is 1. The van der Waals surface area contributed by atoms with Gasteiger partial charge in [0, 0.05) is 19.6 Å². The quantitative estimate of drug-likeness (QED) is 0.877. The number of likely N-dealkylation sites (N-methyl/N-ethyl adjacent to an activating group) is 1. The van der Waals surface area contributed by atoms with Gasteiger partial charge in [0.1, 0.15) is 6.04 Å². The van der Waals surface area contributed by atoms with Crippen LogP contribution < -0.4 is 4.90 Å². The normalized spacial score (nSPS) is 25.4. The molecular weight excluding hydrogens is 275 g/mol. The van der Waals surface area contributed by atoms with Crippen LogP contribution >= 0.6 is 0 Å². The van der Waals surface area contributed by atoms with Gasteiger partial charge in [-0.25, -0.2) is 14.4 Å². The molecule has 114 valence electrons. The summed E-state index contributed by atoms with van der Waals surface area (Å²) >= 11 is 0. The molecule has 0 saturated carbocycles. The fraction of sp³-hybridized carbons (Fsp3) is 0.643. The van der Waals surface area contributed by atoms with Crippen LogP contribution in [-0.2, 0) is 4.79 Å². The predicted molar refractivity (Wildman–Crippen MR) is 74.5 cm³/mol. The van der Waals surface area contributed by atoms with Gasteiger partial charge in [-0.1, -0.05) is 0 Å². The molecule has 2 aliphatic rings. The Balaban J connectivity index is 1.65. The molecule has 1 aromatic heterocycles. The lowest BCUT2D eigenvalue weighted by Crippen LogP contribution is -2.42. The topological polar surface area (TPSA) is 69.6 Å². The third-order valence-electron chi connectivity index (χ3n) is 4.74. The van der Waals surface area contributed by atoms with Gasteiger partial charge in [0.05, 0.1) is 12.4 Å². The van der Waals surface area contributed by atoms with E-state index >= 15 is 0 Å². The molecule has 7 heteroatoms. The molecule has 1 unspecified atom stereocenters. The number of aliphatic carboxylic acids is 1. The molecular formula is C14H19FN4O2. The first kappa shape index (κ1) is 14.2. The molecule has 3 rings (SSSR count). The zero-order valence-corrected chi connectivity index (χ0v) is 12.0. The zero-order valence-electron chi connectivity index (χ0n) is 12.0. The highest BCUT2D eigenvalue weighted by molar-refractivity contribution is 5.74. The van der Waals surface area contributed by atoms with Crippen LogP contribution in [-0.4, -0.2) is 58.7 Å². The Morgan fingerprint density at radius 2 is 2.00 bits per heavy atom. The number of likely N-dealkylation sites (tertiary alicyclic amines) is 1. The van der Waals surface area contributed by atoms with E-state index in [9.17, 15) is 14.3 Å². The number of carboxylic acid groups (broad SMARTS) is 1. The number of carbonyl (C=O) groups is 1. The first-order chi connectivity index (χ1) is 9.99. The van der Waals surface area contributed by atoms with Gasteiger partial charge in [-0.3, -0.25) is 9.69 Å². The van der Waals surface area contributed by atoms with Gasteiger partial charge in [0.2, 0.25) is 5.95 Å². The maximum Gasteiger partial charge on any atom is 0.320 e. The SMILES string of the molecule is CN1CC2(CCN(c3ncc(F)cn3)CC2)CC1C(=O)O. The van der Waals surface area contributed by atoms with Crippen LogP contribution in [0.2, 0.25) is 0 Å². The molecule has 1 atom stereocenters. The Bertz CT molecular complexity index is 528. The monoisotopic (exact) mass is 294 g/mol. The summed E-state index contributed by atoms with van der Waals surface area (Å²) in [4.78, 5) is 23.2. The molecule has 1 N–H and O–H groups in total. The number of carboxylic acids is 1. The lowest BCUT2D eigenvalue weighted by atomic mass is 9.76. The second-order valence-corrected chi connectivity index (χ2v) is 6.16. The highest BCUT2D eigenvalue weighted by Gasteiger charge is 2.46. The van der Waals surface area contributed by atoms with E-state index in [0.29, 0.717) is 12.4 Å². The number of hydrogen-bond acceptors (Lipinski definition) is 5.